The smallest absolute Gasteiger partial charge is 0.116 e. The van der Waals surface area contributed by atoms with E-state index in [2.05, 4.69) is 4.84 Å². The zero-order valence-electron chi connectivity index (χ0n) is 6.39. The van der Waals surface area contributed by atoms with Gasteiger partial charge in [-0.1, -0.05) is 23.7 Å². The van der Waals surface area contributed by atoms with E-state index in [1.807, 2.05) is 0 Å². The van der Waals surface area contributed by atoms with Crippen LogP contribution in [0.25, 0.3) is 0 Å². The van der Waals surface area contributed by atoms with Crippen LogP contribution in [0.5, 0.6) is 0 Å². The Bertz CT molecular complexity index is 267. The van der Waals surface area contributed by atoms with E-state index < -0.39 is 6.67 Å². The molecule has 0 saturated heterocycles. The fourth-order valence-electron chi connectivity index (χ4n) is 0.978. The summed E-state index contributed by atoms with van der Waals surface area (Å²) < 4.78 is 12.4. The van der Waals surface area contributed by atoms with Crippen LogP contribution in [-0.4, -0.2) is 0 Å². The zero-order chi connectivity index (χ0) is 8.97. The van der Waals surface area contributed by atoms with Gasteiger partial charge >= 0.3 is 0 Å². The molecule has 1 aromatic carbocycles. The lowest BCUT2D eigenvalue weighted by atomic mass is 10.1. The molecule has 0 radical (unpaired) electrons. The quantitative estimate of drug-likeness (QED) is 0.740. The number of alkyl halides is 1. The Morgan fingerprint density at radius 2 is 2.25 bits per heavy atom. The van der Waals surface area contributed by atoms with E-state index in [-0.39, 0.29) is 6.61 Å². The third-order valence-electron chi connectivity index (χ3n) is 1.59. The summed E-state index contributed by atoms with van der Waals surface area (Å²) in [7, 11) is 0. The standard InChI is InChI=1S/C8H9ClFNO/c9-8-3-1-2-6(5-12-11)7(8)4-10/h1-3H,4-5,11H2. The van der Waals surface area contributed by atoms with Gasteiger partial charge in [-0.25, -0.2) is 10.3 Å². The molecular formula is C8H9ClFNO. The Kier molecular flexibility index (Phi) is 3.47. The molecule has 12 heavy (non-hydrogen) atoms. The second kappa shape index (κ2) is 4.40. The van der Waals surface area contributed by atoms with E-state index in [4.69, 9.17) is 17.5 Å². The number of hydrogen-bond acceptors (Lipinski definition) is 2. The average molecular weight is 190 g/mol. The van der Waals surface area contributed by atoms with Gasteiger partial charge in [-0.3, -0.25) is 4.84 Å². The Balaban J connectivity index is 3.00. The maximum atomic E-state index is 12.4. The van der Waals surface area contributed by atoms with Gasteiger partial charge in [0.05, 0.1) is 6.61 Å². The summed E-state index contributed by atoms with van der Waals surface area (Å²) in [5.74, 6) is 4.87. The molecule has 0 fully saturated rings. The first-order valence-electron chi connectivity index (χ1n) is 3.43. The van der Waals surface area contributed by atoms with E-state index in [1.54, 1.807) is 18.2 Å². The van der Waals surface area contributed by atoms with Gasteiger partial charge in [-0.15, -0.1) is 0 Å². The summed E-state index contributed by atoms with van der Waals surface area (Å²) in [5, 5.41) is 0.409. The highest BCUT2D eigenvalue weighted by atomic mass is 35.5. The first-order chi connectivity index (χ1) is 5.79. The summed E-state index contributed by atoms with van der Waals surface area (Å²) in [6.07, 6.45) is 0. The van der Waals surface area contributed by atoms with Crippen molar-refractivity contribution in [3.63, 3.8) is 0 Å². The van der Waals surface area contributed by atoms with Crippen molar-refractivity contribution in [1.82, 2.24) is 0 Å². The lowest BCUT2D eigenvalue weighted by molar-refractivity contribution is 0.123. The van der Waals surface area contributed by atoms with Crippen molar-refractivity contribution < 1.29 is 9.23 Å². The fraction of sp³-hybridized carbons (Fsp3) is 0.250. The molecule has 0 amide bonds. The van der Waals surface area contributed by atoms with Crippen LogP contribution in [0.15, 0.2) is 18.2 Å². The van der Waals surface area contributed by atoms with E-state index in [0.717, 1.165) is 0 Å². The van der Waals surface area contributed by atoms with Crippen LogP contribution in [0.1, 0.15) is 11.1 Å². The number of halogens is 2. The molecule has 2 N–H and O–H groups in total. The molecule has 0 spiro atoms. The largest absolute Gasteiger partial charge is 0.300 e. The topological polar surface area (TPSA) is 35.2 Å². The summed E-state index contributed by atoms with van der Waals surface area (Å²) in [6.45, 7) is -0.418. The molecule has 4 heteroatoms. The van der Waals surface area contributed by atoms with Crippen molar-refractivity contribution in [3.05, 3.63) is 34.3 Å². The summed E-state index contributed by atoms with van der Waals surface area (Å²) in [4.78, 5) is 4.40. The molecule has 0 saturated carbocycles. The second-order valence-electron chi connectivity index (χ2n) is 2.32. The average Bonchev–Trinajstić information content (AvgIpc) is 2.05. The lowest BCUT2D eigenvalue weighted by Gasteiger charge is -2.05. The molecule has 0 aliphatic heterocycles. The van der Waals surface area contributed by atoms with Crippen molar-refractivity contribution in [2.45, 2.75) is 13.3 Å². The van der Waals surface area contributed by atoms with Crippen LogP contribution in [0.3, 0.4) is 0 Å². The number of benzene rings is 1. The number of rotatable bonds is 3. The van der Waals surface area contributed by atoms with Crippen LogP contribution in [0.2, 0.25) is 5.02 Å². The zero-order valence-corrected chi connectivity index (χ0v) is 7.14. The molecule has 0 aliphatic carbocycles. The molecule has 0 heterocycles. The monoisotopic (exact) mass is 189 g/mol. The maximum Gasteiger partial charge on any atom is 0.116 e. The third-order valence-corrected chi connectivity index (χ3v) is 1.94. The predicted molar refractivity (Wildman–Crippen MR) is 45.2 cm³/mol. The summed E-state index contributed by atoms with van der Waals surface area (Å²) in [6, 6.07) is 5.10. The van der Waals surface area contributed by atoms with Crippen molar-refractivity contribution in [2.75, 3.05) is 0 Å². The molecule has 0 aromatic heterocycles. The fourth-order valence-corrected chi connectivity index (χ4v) is 1.22. The first kappa shape index (κ1) is 9.45. The molecular weight excluding hydrogens is 181 g/mol. The number of hydrogen-bond donors (Lipinski definition) is 1. The minimum atomic E-state index is -0.599. The molecule has 66 valence electrons. The first-order valence-corrected chi connectivity index (χ1v) is 3.81. The van der Waals surface area contributed by atoms with Gasteiger partial charge in [0.1, 0.15) is 6.67 Å². The van der Waals surface area contributed by atoms with Crippen molar-refractivity contribution in [2.24, 2.45) is 5.90 Å². The van der Waals surface area contributed by atoms with E-state index in [9.17, 15) is 4.39 Å². The van der Waals surface area contributed by atoms with E-state index in [1.165, 1.54) is 0 Å². The van der Waals surface area contributed by atoms with Gasteiger partial charge in [0.25, 0.3) is 0 Å². The molecule has 1 rings (SSSR count). The minimum absolute atomic E-state index is 0.180. The molecule has 0 unspecified atom stereocenters. The van der Waals surface area contributed by atoms with Crippen molar-refractivity contribution in [1.29, 1.82) is 0 Å². The van der Waals surface area contributed by atoms with Gasteiger partial charge in [-0.05, 0) is 11.6 Å². The number of nitrogens with two attached hydrogens (primary N) is 1. The predicted octanol–water partition coefficient (Wildman–Crippen LogP) is 2.20. The SMILES string of the molecule is NOCc1cccc(Cl)c1CF. The maximum absolute atomic E-state index is 12.4. The highest BCUT2D eigenvalue weighted by Gasteiger charge is 2.05. The van der Waals surface area contributed by atoms with Gasteiger partial charge in [0.2, 0.25) is 0 Å². The highest BCUT2D eigenvalue weighted by Crippen LogP contribution is 2.21. The van der Waals surface area contributed by atoms with Crippen LogP contribution in [0.4, 0.5) is 4.39 Å². The minimum Gasteiger partial charge on any atom is -0.300 e. The second-order valence-corrected chi connectivity index (χ2v) is 2.73. The molecule has 1 aromatic rings. The molecule has 0 atom stereocenters. The Morgan fingerprint density at radius 1 is 1.50 bits per heavy atom. The Hall–Kier alpha value is -0.640. The third kappa shape index (κ3) is 1.94. The van der Waals surface area contributed by atoms with Crippen LogP contribution >= 0.6 is 11.6 Å². The molecule has 0 aliphatic rings. The van der Waals surface area contributed by atoms with Gasteiger partial charge in [0, 0.05) is 10.6 Å². The van der Waals surface area contributed by atoms with E-state index in [0.29, 0.717) is 16.1 Å². The van der Waals surface area contributed by atoms with Gasteiger partial charge in [-0.2, -0.15) is 0 Å². The van der Waals surface area contributed by atoms with Gasteiger partial charge < -0.3 is 0 Å². The summed E-state index contributed by atoms with van der Waals surface area (Å²) >= 11 is 5.73. The Labute approximate surface area is 75.0 Å². The van der Waals surface area contributed by atoms with Crippen LogP contribution < -0.4 is 5.90 Å². The Morgan fingerprint density at radius 3 is 2.83 bits per heavy atom. The summed E-state index contributed by atoms with van der Waals surface area (Å²) in [5.41, 5.74) is 1.14. The van der Waals surface area contributed by atoms with Gasteiger partial charge in [0.15, 0.2) is 0 Å². The van der Waals surface area contributed by atoms with Crippen LogP contribution in [0, 0.1) is 0 Å². The highest BCUT2D eigenvalue weighted by molar-refractivity contribution is 6.31. The normalized spacial score (nSPS) is 10.2. The molecule has 0 bridgehead atoms. The molecule has 2 nitrogen and oxygen atoms in total. The van der Waals surface area contributed by atoms with Crippen LogP contribution in [-0.2, 0) is 18.1 Å². The van der Waals surface area contributed by atoms with Crippen molar-refractivity contribution in [3.8, 4) is 0 Å². The van der Waals surface area contributed by atoms with Crippen molar-refractivity contribution >= 4 is 11.6 Å². The lowest BCUT2D eigenvalue weighted by Crippen LogP contribution is -2.01. The van der Waals surface area contributed by atoms with E-state index >= 15 is 0 Å².